The van der Waals surface area contributed by atoms with Crippen LogP contribution in [-0.4, -0.2) is 0 Å². The van der Waals surface area contributed by atoms with Crippen LogP contribution in [0.4, 0.5) is 14.5 Å². The Hall–Kier alpha value is -1.07. The van der Waals surface area contributed by atoms with Crippen LogP contribution in [0.3, 0.4) is 0 Å². The van der Waals surface area contributed by atoms with Crippen molar-refractivity contribution < 1.29 is 8.78 Å². The average Bonchev–Trinajstić information content (AvgIpc) is 2.26. The van der Waals surface area contributed by atoms with Gasteiger partial charge in [0.1, 0.15) is 11.6 Å². The van der Waals surface area contributed by atoms with Gasteiger partial charge in [-0.05, 0) is 35.9 Å². The van der Waals surface area contributed by atoms with Crippen molar-refractivity contribution in [1.82, 2.24) is 0 Å². The number of hydrogen-bond donors (Lipinski definition) is 1. The molecule has 0 aliphatic rings. The normalized spacial score (nSPS) is 10.6. The fraction of sp³-hybridized carbons (Fsp3) is 0.0769. The molecule has 0 amide bonds. The maximum Gasteiger partial charge on any atom is 0.126 e. The third kappa shape index (κ3) is 3.46. The molecule has 0 spiro atoms. The number of nitrogen functional groups attached to an aromatic ring is 1. The second kappa shape index (κ2) is 5.71. The van der Waals surface area contributed by atoms with Crippen molar-refractivity contribution in [3.63, 3.8) is 0 Å². The van der Waals surface area contributed by atoms with Crippen molar-refractivity contribution >= 4 is 33.4 Å². The van der Waals surface area contributed by atoms with E-state index in [2.05, 4.69) is 15.9 Å². The van der Waals surface area contributed by atoms with Crippen molar-refractivity contribution in [2.75, 3.05) is 5.73 Å². The molecule has 1 nitrogen and oxygen atoms in total. The third-order valence-electron chi connectivity index (χ3n) is 2.29. The standard InChI is InChI=1S/C13H10BrF2NS/c14-9-1-2-13(12(17)5-9)18-7-8-3-10(15)6-11(16)4-8/h1-6H,7,17H2. The van der Waals surface area contributed by atoms with Crippen molar-refractivity contribution in [2.45, 2.75) is 10.6 Å². The van der Waals surface area contributed by atoms with E-state index in [1.165, 1.54) is 23.9 Å². The van der Waals surface area contributed by atoms with E-state index in [0.29, 0.717) is 17.0 Å². The minimum atomic E-state index is -0.561. The number of thioether (sulfide) groups is 1. The first kappa shape index (κ1) is 13.4. The van der Waals surface area contributed by atoms with E-state index in [4.69, 9.17) is 5.73 Å². The van der Waals surface area contributed by atoms with Gasteiger partial charge in [-0.2, -0.15) is 0 Å². The zero-order chi connectivity index (χ0) is 13.1. The lowest BCUT2D eigenvalue weighted by atomic mass is 10.2. The van der Waals surface area contributed by atoms with Crippen LogP contribution < -0.4 is 5.73 Å². The Morgan fingerprint density at radius 1 is 1.06 bits per heavy atom. The molecular weight excluding hydrogens is 320 g/mol. The van der Waals surface area contributed by atoms with Gasteiger partial charge >= 0.3 is 0 Å². The fourth-order valence-corrected chi connectivity index (χ4v) is 2.76. The highest BCUT2D eigenvalue weighted by Crippen LogP contribution is 2.30. The summed E-state index contributed by atoms with van der Waals surface area (Å²) in [4.78, 5) is 0.892. The smallest absolute Gasteiger partial charge is 0.126 e. The Labute approximate surface area is 117 Å². The first-order valence-electron chi connectivity index (χ1n) is 5.17. The molecule has 2 N–H and O–H groups in total. The van der Waals surface area contributed by atoms with E-state index in [9.17, 15) is 8.78 Å². The van der Waals surface area contributed by atoms with Gasteiger partial charge in [0.2, 0.25) is 0 Å². The van der Waals surface area contributed by atoms with Crippen LogP contribution in [0.25, 0.3) is 0 Å². The van der Waals surface area contributed by atoms with E-state index in [1.54, 1.807) is 6.07 Å². The van der Waals surface area contributed by atoms with E-state index in [0.717, 1.165) is 15.4 Å². The van der Waals surface area contributed by atoms with Crippen LogP contribution in [0.15, 0.2) is 45.8 Å². The molecule has 5 heteroatoms. The molecule has 0 atom stereocenters. The predicted octanol–water partition coefficient (Wildman–Crippen LogP) is 4.60. The first-order valence-corrected chi connectivity index (χ1v) is 6.95. The molecule has 0 fully saturated rings. The maximum atomic E-state index is 13.0. The van der Waals surface area contributed by atoms with Gasteiger partial charge in [0.25, 0.3) is 0 Å². The number of rotatable bonds is 3. The second-order valence-corrected chi connectivity index (χ2v) is 5.68. The van der Waals surface area contributed by atoms with Gasteiger partial charge in [-0.15, -0.1) is 11.8 Å². The predicted molar refractivity (Wildman–Crippen MR) is 74.5 cm³/mol. The Balaban J connectivity index is 2.11. The number of hydrogen-bond acceptors (Lipinski definition) is 2. The molecule has 0 heterocycles. The van der Waals surface area contributed by atoms with Crippen LogP contribution >= 0.6 is 27.7 Å². The topological polar surface area (TPSA) is 26.0 Å². The quantitative estimate of drug-likeness (QED) is 0.657. The molecule has 0 saturated carbocycles. The van der Waals surface area contributed by atoms with E-state index in [-0.39, 0.29) is 0 Å². The van der Waals surface area contributed by atoms with Gasteiger partial charge in [0.15, 0.2) is 0 Å². The van der Waals surface area contributed by atoms with Crippen LogP contribution in [0.2, 0.25) is 0 Å². The molecule has 2 rings (SSSR count). The van der Waals surface area contributed by atoms with Gasteiger partial charge < -0.3 is 5.73 Å². The Morgan fingerprint density at radius 3 is 2.33 bits per heavy atom. The molecule has 0 unspecified atom stereocenters. The highest BCUT2D eigenvalue weighted by atomic mass is 79.9. The molecule has 2 aromatic carbocycles. The summed E-state index contributed by atoms with van der Waals surface area (Å²) < 4.78 is 26.9. The van der Waals surface area contributed by atoms with Gasteiger partial charge in [-0.1, -0.05) is 15.9 Å². The van der Waals surface area contributed by atoms with E-state index >= 15 is 0 Å². The molecule has 0 aromatic heterocycles. The third-order valence-corrected chi connectivity index (χ3v) is 3.94. The molecule has 18 heavy (non-hydrogen) atoms. The van der Waals surface area contributed by atoms with Crippen molar-refractivity contribution in [3.8, 4) is 0 Å². The van der Waals surface area contributed by atoms with Gasteiger partial charge in [0.05, 0.1) is 0 Å². The highest BCUT2D eigenvalue weighted by Gasteiger charge is 2.04. The summed E-state index contributed by atoms with van der Waals surface area (Å²) in [5, 5.41) is 0. The minimum absolute atomic E-state index is 0.473. The summed E-state index contributed by atoms with van der Waals surface area (Å²) in [5.41, 5.74) is 7.09. The Bertz CT molecular complexity index is 555. The van der Waals surface area contributed by atoms with Crippen molar-refractivity contribution in [2.24, 2.45) is 0 Å². The van der Waals surface area contributed by atoms with Crippen molar-refractivity contribution in [1.29, 1.82) is 0 Å². The number of anilines is 1. The highest BCUT2D eigenvalue weighted by molar-refractivity contribution is 9.10. The molecular formula is C13H10BrF2NS. The van der Waals surface area contributed by atoms with Gasteiger partial charge in [-0.3, -0.25) is 0 Å². The summed E-state index contributed by atoms with van der Waals surface area (Å²) in [6, 6.07) is 9.07. The van der Waals surface area contributed by atoms with Crippen LogP contribution in [-0.2, 0) is 5.75 Å². The summed E-state index contributed by atoms with van der Waals surface area (Å²) in [6.45, 7) is 0. The SMILES string of the molecule is Nc1cc(Br)ccc1SCc1cc(F)cc(F)c1. The van der Waals surface area contributed by atoms with Gasteiger partial charge in [0, 0.05) is 26.9 Å². The number of halogens is 3. The lowest BCUT2D eigenvalue weighted by Gasteiger charge is -2.06. The number of benzene rings is 2. The second-order valence-electron chi connectivity index (χ2n) is 3.75. The van der Waals surface area contributed by atoms with E-state index < -0.39 is 11.6 Å². The Morgan fingerprint density at radius 2 is 1.72 bits per heavy atom. The summed E-state index contributed by atoms with van der Waals surface area (Å²) in [6.07, 6.45) is 0. The Kier molecular flexibility index (Phi) is 4.24. The molecule has 94 valence electrons. The summed E-state index contributed by atoms with van der Waals surface area (Å²) in [5.74, 6) is -0.649. The largest absolute Gasteiger partial charge is 0.398 e. The monoisotopic (exact) mass is 329 g/mol. The molecule has 0 bridgehead atoms. The fourth-order valence-electron chi connectivity index (χ4n) is 1.51. The van der Waals surface area contributed by atoms with E-state index in [1.807, 2.05) is 12.1 Å². The van der Waals surface area contributed by atoms with Crippen molar-refractivity contribution in [3.05, 3.63) is 58.1 Å². The maximum absolute atomic E-state index is 13.0. The zero-order valence-electron chi connectivity index (χ0n) is 9.29. The lowest BCUT2D eigenvalue weighted by Crippen LogP contribution is -1.90. The van der Waals surface area contributed by atoms with Crippen LogP contribution in [0.1, 0.15) is 5.56 Å². The van der Waals surface area contributed by atoms with Gasteiger partial charge in [-0.25, -0.2) is 8.78 Å². The van der Waals surface area contributed by atoms with Crippen LogP contribution in [0.5, 0.6) is 0 Å². The molecule has 0 saturated heterocycles. The zero-order valence-corrected chi connectivity index (χ0v) is 11.7. The minimum Gasteiger partial charge on any atom is -0.398 e. The first-order chi connectivity index (χ1) is 8.54. The summed E-state index contributed by atoms with van der Waals surface area (Å²) >= 11 is 4.77. The molecule has 0 radical (unpaired) electrons. The molecule has 0 aliphatic carbocycles. The molecule has 2 aromatic rings. The van der Waals surface area contributed by atoms with Crippen LogP contribution in [0, 0.1) is 11.6 Å². The summed E-state index contributed by atoms with van der Waals surface area (Å²) in [7, 11) is 0. The molecule has 0 aliphatic heterocycles. The number of nitrogens with two attached hydrogens (primary N) is 1. The average molecular weight is 330 g/mol. The lowest BCUT2D eigenvalue weighted by molar-refractivity contribution is 0.581.